The molecule has 0 heterocycles. The first-order valence-corrected chi connectivity index (χ1v) is 7.28. The Kier molecular flexibility index (Phi) is 3.88. The molecule has 1 unspecified atom stereocenters. The van der Waals surface area contributed by atoms with E-state index in [0.29, 0.717) is 12.8 Å². The highest BCUT2D eigenvalue weighted by Gasteiger charge is 2.27. The molecule has 3 rings (SSSR count). The summed E-state index contributed by atoms with van der Waals surface area (Å²) in [5.41, 5.74) is 3.36. The zero-order chi connectivity index (χ0) is 15.5. The topological polar surface area (TPSA) is 54.4 Å². The molecule has 0 saturated carbocycles. The summed E-state index contributed by atoms with van der Waals surface area (Å²) in [6, 6.07) is 17.9. The number of rotatable bonds is 3. The second kappa shape index (κ2) is 5.98. The van der Waals surface area contributed by atoms with E-state index in [2.05, 4.69) is 0 Å². The largest absolute Gasteiger partial charge is 0.478 e. The lowest BCUT2D eigenvalue weighted by molar-refractivity contribution is -0.133. The van der Waals surface area contributed by atoms with Gasteiger partial charge < -0.3 is 5.11 Å². The number of ketones is 1. The van der Waals surface area contributed by atoms with E-state index in [4.69, 9.17) is 0 Å². The van der Waals surface area contributed by atoms with E-state index in [1.165, 1.54) is 6.08 Å². The first-order valence-electron chi connectivity index (χ1n) is 7.28. The van der Waals surface area contributed by atoms with Crippen LogP contribution in [0.15, 0.2) is 66.2 Å². The zero-order valence-electron chi connectivity index (χ0n) is 12.0. The number of allylic oxidation sites excluding steroid dienone is 1. The van der Waals surface area contributed by atoms with Gasteiger partial charge in [-0.2, -0.15) is 0 Å². The third kappa shape index (κ3) is 2.84. The van der Waals surface area contributed by atoms with Crippen molar-refractivity contribution in [3.8, 4) is 11.1 Å². The monoisotopic (exact) mass is 292 g/mol. The molecule has 2 aromatic carbocycles. The molecular weight excluding hydrogens is 276 g/mol. The molecule has 0 spiro atoms. The summed E-state index contributed by atoms with van der Waals surface area (Å²) in [5.74, 6) is -1.32. The van der Waals surface area contributed by atoms with Crippen molar-refractivity contribution in [2.75, 3.05) is 0 Å². The zero-order valence-corrected chi connectivity index (χ0v) is 12.0. The summed E-state index contributed by atoms with van der Waals surface area (Å²) in [6.07, 6.45) is 2.24. The molecule has 1 N–H and O–H groups in total. The molecule has 0 aromatic heterocycles. The van der Waals surface area contributed by atoms with Crippen LogP contribution < -0.4 is 0 Å². The fraction of sp³-hybridized carbons (Fsp3) is 0.158. The lowest BCUT2D eigenvalue weighted by Crippen LogP contribution is -2.18. The van der Waals surface area contributed by atoms with Gasteiger partial charge in [0.05, 0.1) is 0 Å². The van der Waals surface area contributed by atoms with Gasteiger partial charge in [0.25, 0.3) is 0 Å². The quantitative estimate of drug-likeness (QED) is 0.936. The minimum Gasteiger partial charge on any atom is -0.478 e. The maximum absolute atomic E-state index is 11.5. The number of aliphatic carboxylic acids is 1. The maximum Gasteiger partial charge on any atom is 0.332 e. The number of carboxylic acids is 1. The minimum absolute atomic E-state index is 0.102. The fourth-order valence-corrected chi connectivity index (χ4v) is 2.88. The van der Waals surface area contributed by atoms with Crippen LogP contribution in [0.25, 0.3) is 11.1 Å². The van der Waals surface area contributed by atoms with Gasteiger partial charge in [-0.25, -0.2) is 4.79 Å². The van der Waals surface area contributed by atoms with Crippen LogP contribution in [0.5, 0.6) is 0 Å². The Labute approximate surface area is 128 Å². The number of hydrogen-bond acceptors (Lipinski definition) is 2. The predicted molar refractivity (Wildman–Crippen MR) is 84.6 cm³/mol. The van der Waals surface area contributed by atoms with Crippen LogP contribution in [-0.4, -0.2) is 16.9 Å². The number of benzene rings is 2. The number of hydrogen-bond donors (Lipinski definition) is 1. The van der Waals surface area contributed by atoms with E-state index in [1.54, 1.807) is 0 Å². The molecule has 110 valence electrons. The van der Waals surface area contributed by atoms with Crippen LogP contribution >= 0.6 is 0 Å². The van der Waals surface area contributed by atoms with Crippen molar-refractivity contribution < 1.29 is 14.7 Å². The average molecular weight is 292 g/mol. The normalized spacial score (nSPS) is 17.9. The maximum atomic E-state index is 11.5. The van der Waals surface area contributed by atoms with Crippen LogP contribution in [-0.2, 0) is 9.59 Å². The van der Waals surface area contributed by atoms with Crippen LogP contribution in [0.4, 0.5) is 0 Å². The van der Waals surface area contributed by atoms with Gasteiger partial charge in [-0.1, -0.05) is 54.6 Å². The molecule has 0 fully saturated rings. The van der Waals surface area contributed by atoms with Crippen molar-refractivity contribution in [2.24, 2.45) is 0 Å². The molecule has 22 heavy (non-hydrogen) atoms. The Balaban J connectivity index is 1.91. The highest BCUT2D eigenvalue weighted by molar-refractivity contribution is 6.01. The molecule has 0 radical (unpaired) electrons. The van der Waals surface area contributed by atoms with Crippen molar-refractivity contribution in [3.05, 3.63) is 71.8 Å². The van der Waals surface area contributed by atoms with Crippen molar-refractivity contribution in [3.63, 3.8) is 0 Å². The lowest BCUT2D eigenvalue weighted by Gasteiger charge is -2.21. The van der Waals surface area contributed by atoms with Crippen LogP contribution in [0, 0.1) is 0 Å². The highest BCUT2D eigenvalue weighted by Crippen LogP contribution is 2.34. The van der Waals surface area contributed by atoms with Gasteiger partial charge in [0.2, 0.25) is 0 Å². The third-order valence-corrected chi connectivity index (χ3v) is 4.04. The van der Waals surface area contributed by atoms with Crippen molar-refractivity contribution >= 4 is 11.8 Å². The molecule has 2 aromatic rings. The molecule has 3 nitrogen and oxygen atoms in total. The van der Waals surface area contributed by atoms with E-state index in [9.17, 15) is 14.7 Å². The van der Waals surface area contributed by atoms with Gasteiger partial charge in [-0.15, -0.1) is 0 Å². The van der Waals surface area contributed by atoms with Gasteiger partial charge in [0.15, 0.2) is 5.78 Å². The minimum atomic E-state index is -1.01. The van der Waals surface area contributed by atoms with E-state index >= 15 is 0 Å². The van der Waals surface area contributed by atoms with Crippen molar-refractivity contribution in [1.29, 1.82) is 0 Å². The van der Waals surface area contributed by atoms with Gasteiger partial charge in [-0.05, 0) is 29.2 Å². The Bertz CT molecular complexity index is 727. The van der Waals surface area contributed by atoms with Crippen molar-refractivity contribution in [2.45, 2.75) is 18.8 Å². The SMILES string of the molecule is O=C1C=C(C(=O)O)C(c2ccc(-c3ccccc3)cc2)CC1. The molecule has 0 aliphatic heterocycles. The fourth-order valence-electron chi connectivity index (χ4n) is 2.88. The Hall–Kier alpha value is -2.68. The van der Waals surface area contributed by atoms with Gasteiger partial charge in [0.1, 0.15) is 0 Å². The molecule has 1 atom stereocenters. The van der Waals surface area contributed by atoms with Crippen LogP contribution in [0.1, 0.15) is 24.3 Å². The summed E-state index contributed by atoms with van der Waals surface area (Å²) in [5, 5.41) is 9.30. The van der Waals surface area contributed by atoms with Crippen LogP contribution in [0.3, 0.4) is 0 Å². The Morgan fingerprint density at radius 1 is 0.955 bits per heavy atom. The number of carbonyl (C=O) groups excluding carboxylic acids is 1. The van der Waals surface area contributed by atoms with Crippen molar-refractivity contribution in [1.82, 2.24) is 0 Å². The Morgan fingerprint density at radius 2 is 1.59 bits per heavy atom. The first kappa shape index (κ1) is 14.3. The summed E-state index contributed by atoms with van der Waals surface area (Å²) < 4.78 is 0. The lowest BCUT2D eigenvalue weighted by atomic mass is 9.81. The second-order valence-corrected chi connectivity index (χ2v) is 5.45. The predicted octanol–water partition coefficient (Wildman–Crippen LogP) is 3.81. The summed E-state index contributed by atoms with van der Waals surface area (Å²) in [4.78, 5) is 22.8. The summed E-state index contributed by atoms with van der Waals surface area (Å²) in [6.45, 7) is 0. The van der Waals surface area contributed by atoms with E-state index in [0.717, 1.165) is 16.7 Å². The molecule has 3 heteroatoms. The number of carboxylic acid groups (broad SMARTS) is 1. The third-order valence-electron chi connectivity index (χ3n) is 4.04. The number of carbonyl (C=O) groups is 2. The second-order valence-electron chi connectivity index (χ2n) is 5.45. The van der Waals surface area contributed by atoms with Gasteiger partial charge in [-0.3, -0.25) is 4.79 Å². The molecule has 1 aliphatic rings. The molecule has 0 saturated heterocycles. The van der Waals surface area contributed by atoms with Crippen LogP contribution in [0.2, 0.25) is 0 Å². The van der Waals surface area contributed by atoms with Gasteiger partial charge >= 0.3 is 5.97 Å². The highest BCUT2D eigenvalue weighted by atomic mass is 16.4. The van der Waals surface area contributed by atoms with E-state index < -0.39 is 5.97 Å². The summed E-state index contributed by atoms with van der Waals surface area (Å²) in [7, 11) is 0. The van der Waals surface area contributed by atoms with E-state index in [-0.39, 0.29) is 17.3 Å². The molecule has 0 bridgehead atoms. The van der Waals surface area contributed by atoms with E-state index in [1.807, 2.05) is 54.6 Å². The first-order chi connectivity index (χ1) is 10.6. The molecule has 1 aliphatic carbocycles. The van der Waals surface area contributed by atoms with Gasteiger partial charge in [0, 0.05) is 17.9 Å². The smallest absolute Gasteiger partial charge is 0.332 e. The molecular formula is C19H16O3. The summed E-state index contributed by atoms with van der Waals surface area (Å²) >= 11 is 0. The average Bonchev–Trinajstić information content (AvgIpc) is 2.56. The standard InChI is InChI=1S/C19H16O3/c20-16-10-11-17(18(12-16)19(21)22)15-8-6-14(7-9-15)13-4-2-1-3-5-13/h1-9,12,17H,10-11H2,(H,21,22). The molecule has 0 amide bonds. The Morgan fingerprint density at radius 3 is 2.23 bits per heavy atom.